The van der Waals surface area contributed by atoms with E-state index in [1.54, 1.807) is 18.3 Å². The summed E-state index contributed by atoms with van der Waals surface area (Å²) in [5.41, 5.74) is 1.46. The first kappa shape index (κ1) is 5.22. The molecular weight excluding hydrogens is 128 g/mol. The molecule has 0 aliphatic heterocycles. The summed E-state index contributed by atoms with van der Waals surface area (Å²) < 4.78 is 0. The van der Waals surface area contributed by atoms with Crippen LogP contribution in [0.4, 0.5) is 0 Å². The van der Waals surface area contributed by atoms with E-state index in [1.165, 1.54) is 0 Å². The van der Waals surface area contributed by atoms with Gasteiger partial charge in [0.1, 0.15) is 11.0 Å². The van der Waals surface area contributed by atoms with Crippen LogP contribution in [0.25, 0.3) is 11.0 Å². The highest BCUT2D eigenvalue weighted by Gasteiger charge is 1.91. The van der Waals surface area contributed by atoms with Crippen LogP contribution >= 0.6 is 0 Å². The first-order valence-corrected chi connectivity index (χ1v) is 2.78. The van der Waals surface area contributed by atoms with E-state index in [0.717, 1.165) is 11.0 Å². The molecule has 0 aliphatic carbocycles. The lowest BCUT2D eigenvalue weighted by Crippen LogP contribution is -1.87. The molecule has 0 atom stereocenters. The Hall–Kier alpha value is -1.58. The minimum Gasteiger partial charge on any atom is -0.243 e. The van der Waals surface area contributed by atoms with Crippen LogP contribution in [0.1, 0.15) is 0 Å². The summed E-state index contributed by atoms with van der Waals surface area (Å²) in [4.78, 5) is 3.89. The SMILES string of the molecule is [c]1ccc2nnncc2n1. The lowest BCUT2D eigenvalue weighted by molar-refractivity contribution is 0.891. The highest BCUT2D eigenvalue weighted by molar-refractivity contribution is 5.71. The summed E-state index contributed by atoms with van der Waals surface area (Å²) in [5, 5.41) is 10.8. The molecule has 2 aromatic rings. The molecular formula is C6H3N4. The molecule has 4 heteroatoms. The fourth-order valence-electron chi connectivity index (χ4n) is 0.700. The molecule has 0 saturated carbocycles. The minimum absolute atomic E-state index is 0.720. The third-order valence-electron chi connectivity index (χ3n) is 1.15. The van der Waals surface area contributed by atoms with E-state index in [-0.39, 0.29) is 0 Å². The number of nitrogens with zero attached hydrogens (tertiary/aromatic N) is 4. The van der Waals surface area contributed by atoms with E-state index >= 15 is 0 Å². The van der Waals surface area contributed by atoms with Gasteiger partial charge in [-0.3, -0.25) is 0 Å². The van der Waals surface area contributed by atoms with Crippen molar-refractivity contribution >= 4 is 11.0 Å². The van der Waals surface area contributed by atoms with Crippen LogP contribution in [0.2, 0.25) is 0 Å². The second-order valence-corrected chi connectivity index (χ2v) is 1.78. The third-order valence-corrected chi connectivity index (χ3v) is 1.15. The Morgan fingerprint density at radius 1 is 1.30 bits per heavy atom. The Bertz CT molecular complexity index is 281. The van der Waals surface area contributed by atoms with Crippen LogP contribution < -0.4 is 0 Å². The third kappa shape index (κ3) is 0.699. The van der Waals surface area contributed by atoms with Crippen molar-refractivity contribution in [2.45, 2.75) is 0 Å². The first-order chi connectivity index (χ1) is 4.97. The number of fused-ring (bicyclic) bond motifs is 1. The normalized spacial score (nSPS) is 10.0. The molecule has 0 aliphatic rings. The second kappa shape index (κ2) is 1.98. The Kier molecular flexibility index (Phi) is 1.04. The highest BCUT2D eigenvalue weighted by atomic mass is 15.3. The maximum absolute atomic E-state index is 3.89. The molecule has 0 aromatic carbocycles. The quantitative estimate of drug-likeness (QED) is 0.513. The van der Waals surface area contributed by atoms with Gasteiger partial charge in [0.05, 0.1) is 12.4 Å². The maximum atomic E-state index is 3.89. The summed E-state index contributed by atoms with van der Waals surface area (Å²) in [7, 11) is 0. The van der Waals surface area contributed by atoms with Gasteiger partial charge in [-0.1, -0.05) is 0 Å². The predicted octanol–water partition coefficient (Wildman–Crippen LogP) is 0.220. The lowest BCUT2D eigenvalue weighted by Gasteiger charge is -1.87. The van der Waals surface area contributed by atoms with Crippen LogP contribution in [0.15, 0.2) is 18.3 Å². The van der Waals surface area contributed by atoms with Crippen LogP contribution in [0.5, 0.6) is 0 Å². The molecule has 2 aromatic heterocycles. The van der Waals surface area contributed by atoms with Gasteiger partial charge in [0, 0.05) is 0 Å². The van der Waals surface area contributed by atoms with Crippen molar-refractivity contribution in [3.8, 4) is 0 Å². The van der Waals surface area contributed by atoms with Crippen molar-refractivity contribution in [2.75, 3.05) is 0 Å². The molecule has 47 valence electrons. The number of hydrogen-bond acceptors (Lipinski definition) is 4. The molecule has 0 amide bonds. The molecule has 1 radical (unpaired) electrons. The highest BCUT2D eigenvalue weighted by Crippen LogP contribution is 2.00. The molecule has 4 nitrogen and oxygen atoms in total. The molecule has 0 bridgehead atoms. The van der Waals surface area contributed by atoms with Gasteiger partial charge in [-0.2, -0.15) is 0 Å². The maximum Gasteiger partial charge on any atom is 0.115 e. The van der Waals surface area contributed by atoms with Crippen molar-refractivity contribution in [2.24, 2.45) is 0 Å². The molecule has 0 unspecified atom stereocenters. The van der Waals surface area contributed by atoms with Gasteiger partial charge in [-0.25, -0.2) is 4.98 Å². The van der Waals surface area contributed by atoms with Gasteiger partial charge in [0.2, 0.25) is 0 Å². The number of aromatic nitrogens is 4. The summed E-state index contributed by atoms with van der Waals surface area (Å²) in [6, 6.07) is 3.48. The first-order valence-electron chi connectivity index (χ1n) is 2.78. The Morgan fingerprint density at radius 3 is 3.20 bits per heavy atom. The molecule has 0 fully saturated rings. The predicted molar refractivity (Wildman–Crippen MR) is 34.0 cm³/mol. The summed E-state index contributed by atoms with van der Waals surface area (Å²) in [6.07, 6.45) is 4.23. The smallest absolute Gasteiger partial charge is 0.115 e. The van der Waals surface area contributed by atoms with Crippen molar-refractivity contribution in [3.05, 3.63) is 24.5 Å². The van der Waals surface area contributed by atoms with E-state index in [0.29, 0.717) is 0 Å². The summed E-state index contributed by atoms with van der Waals surface area (Å²) >= 11 is 0. The average Bonchev–Trinajstić information content (AvgIpc) is 2.05. The second-order valence-electron chi connectivity index (χ2n) is 1.78. The molecule has 0 N–H and O–H groups in total. The van der Waals surface area contributed by atoms with Gasteiger partial charge >= 0.3 is 0 Å². The van der Waals surface area contributed by atoms with E-state index < -0.39 is 0 Å². The topological polar surface area (TPSA) is 51.6 Å². The number of rotatable bonds is 0. The molecule has 0 saturated heterocycles. The van der Waals surface area contributed by atoms with Gasteiger partial charge in [0.15, 0.2) is 0 Å². The fourth-order valence-corrected chi connectivity index (χ4v) is 0.700. The minimum atomic E-state index is 0.720. The van der Waals surface area contributed by atoms with E-state index in [1.807, 2.05) is 0 Å². The Morgan fingerprint density at radius 2 is 2.30 bits per heavy atom. The lowest BCUT2D eigenvalue weighted by atomic mass is 10.4. The van der Waals surface area contributed by atoms with Crippen molar-refractivity contribution in [1.82, 2.24) is 20.4 Å². The van der Waals surface area contributed by atoms with Crippen molar-refractivity contribution in [3.63, 3.8) is 0 Å². The standard InChI is InChI=1S/C6H3N4/c1-2-5-6(7-3-1)4-8-10-9-5/h1-2,4H. The number of pyridine rings is 1. The van der Waals surface area contributed by atoms with Gasteiger partial charge in [0.25, 0.3) is 0 Å². The van der Waals surface area contributed by atoms with Crippen LogP contribution in [-0.2, 0) is 0 Å². The average molecular weight is 131 g/mol. The Balaban J connectivity index is 2.89. The van der Waals surface area contributed by atoms with Gasteiger partial charge in [-0.15, -0.1) is 10.2 Å². The van der Waals surface area contributed by atoms with Crippen molar-refractivity contribution < 1.29 is 0 Å². The number of hydrogen-bond donors (Lipinski definition) is 0. The van der Waals surface area contributed by atoms with Gasteiger partial charge < -0.3 is 0 Å². The largest absolute Gasteiger partial charge is 0.243 e. The zero-order chi connectivity index (χ0) is 6.81. The Labute approximate surface area is 56.9 Å². The molecule has 2 rings (SSSR count). The van der Waals surface area contributed by atoms with Crippen molar-refractivity contribution in [1.29, 1.82) is 0 Å². The van der Waals surface area contributed by atoms with E-state index in [4.69, 9.17) is 0 Å². The fraction of sp³-hybridized carbons (Fsp3) is 0. The van der Waals surface area contributed by atoms with E-state index in [2.05, 4.69) is 26.6 Å². The molecule has 10 heavy (non-hydrogen) atoms. The van der Waals surface area contributed by atoms with Crippen LogP contribution in [-0.4, -0.2) is 20.4 Å². The van der Waals surface area contributed by atoms with Crippen LogP contribution in [0.3, 0.4) is 0 Å². The summed E-state index contributed by atoms with van der Waals surface area (Å²) in [5.74, 6) is 0. The zero-order valence-electron chi connectivity index (χ0n) is 5.02. The molecule has 0 spiro atoms. The van der Waals surface area contributed by atoms with E-state index in [9.17, 15) is 0 Å². The van der Waals surface area contributed by atoms with Gasteiger partial charge in [-0.05, 0) is 17.3 Å². The summed E-state index contributed by atoms with van der Waals surface area (Å²) in [6.45, 7) is 0. The monoisotopic (exact) mass is 131 g/mol. The zero-order valence-corrected chi connectivity index (χ0v) is 5.02. The van der Waals surface area contributed by atoms with Crippen LogP contribution in [0, 0.1) is 6.20 Å². The molecule has 2 heterocycles.